The Morgan fingerprint density at radius 1 is 1.14 bits per heavy atom. The van der Waals surface area contributed by atoms with Crippen molar-refractivity contribution in [3.8, 4) is 5.75 Å². The summed E-state index contributed by atoms with van der Waals surface area (Å²) < 4.78 is 32.2. The van der Waals surface area contributed by atoms with Gasteiger partial charge < -0.3 is 14.6 Å². The molecule has 1 saturated heterocycles. The number of halogens is 2. The number of hydrogen-bond acceptors (Lipinski definition) is 8. The van der Waals surface area contributed by atoms with E-state index in [0.717, 1.165) is 21.2 Å². The van der Waals surface area contributed by atoms with E-state index in [4.69, 9.17) is 0 Å². The molecule has 1 aliphatic heterocycles. The van der Waals surface area contributed by atoms with E-state index in [1.807, 2.05) is 0 Å². The van der Waals surface area contributed by atoms with E-state index in [-0.39, 0.29) is 41.5 Å². The highest BCUT2D eigenvalue weighted by Gasteiger charge is 2.34. The maximum atomic E-state index is 12.6. The number of alkyl halides is 2. The number of fused-ring (bicyclic) bond motifs is 1. The van der Waals surface area contributed by atoms with Crippen molar-refractivity contribution in [2.75, 3.05) is 13.1 Å². The number of ether oxygens (including phenoxy) is 1. The molecule has 0 unspecified atom stereocenters. The largest absolute Gasteiger partial charge is 0.435 e. The minimum Gasteiger partial charge on any atom is -0.435 e. The Morgan fingerprint density at radius 3 is 2.51 bits per heavy atom. The smallest absolute Gasteiger partial charge is 0.387 e. The number of aromatic nitrogens is 4. The van der Waals surface area contributed by atoms with Crippen molar-refractivity contribution in [1.82, 2.24) is 28.9 Å². The predicted octanol–water partition coefficient (Wildman–Crippen LogP) is 0.888. The van der Waals surface area contributed by atoms with E-state index in [1.165, 1.54) is 59.9 Å². The van der Waals surface area contributed by atoms with E-state index >= 15 is 0 Å². The summed E-state index contributed by atoms with van der Waals surface area (Å²) in [5, 5.41) is 2.06. The van der Waals surface area contributed by atoms with E-state index in [9.17, 15) is 32.8 Å². The number of nitrogens with zero attached hydrogens (tertiary/aromatic N) is 5. The monoisotopic (exact) mass is 534 g/mol. The number of carbonyl (C=O) groups excluding carboxylic acids is 3. The SMILES string of the molecule is Cn1c(=O)c2c(ncn2CC(=O)NCCN2C(=O)S/C(=C\c3ccc(OC(F)F)cc3)C2=O)n(C)c1=O. The number of imide groups is 1. The molecule has 37 heavy (non-hydrogen) atoms. The summed E-state index contributed by atoms with van der Waals surface area (Å²) in [7, 11) is 2.78. The highest BCUT2D eigenvalue weighted by atomic mass is 32.2. The molecule has 0 spiro atoms. The Labute approximate surface area is 211 Å². The summed E-state index contributed by atoms with van der Waals surface area (Å²) in [6, 6.07) is 5.57. The molecule has 0 saturated carbocycles. The van der Waals surface area contributed by atoms with Crippen LogP contribution in [0.15, 0.2) is 45.1 Å². The van der Waals surface area contributed by atoms with Gasteiger partial charge in [0.1, 0.15) is 12.3 Å². The first-order valence-corrected chi connectivity index (χ1v) is 11.6. The predicted molar refractivity (Wildman–Crippen MR) is 129 cm³/mol. The minimum atomic E-state index is -2.95. The number of thioether (sulfide) groups is 1. The zero-order valence-corrected chi connectivity index (χ0v) is 20.3. The maximum Gasteiger partial charge on any atom is 0.387 e. The third-order valence-electron chi connectivity index (χ3n) is 5.47. The van der Waals surface area contributed by atoms with E-state index < -0.39 is 34.9 Å². The zero-order chi connectivity index (χ0) is 26.9. The molecular weight excluding hydrogens is 514 g/mol. The maximum absolute atomic E-state index is 12.6. The lowest BCUT2D eigenvalue weighted by molar-refractivity contribution is -0.124. The van der Waals surface area contributed by atoms with Crippen molar-refractivity contribution >= 4 is 46.1 Å². The number of nitrogens with one attached hydrogen (secondary N) is 1. The van der Waals surface area contributed by atoms with Gasteiger partial charge in [0.2, 0.25) is 5.91 Å². The molecular formula is C22H20F2N6O6S. The third kappa shape index (κ3) is 5.30. The second-order valence-corrected chi connectivity index (χ2v) is 8.87. The van der Waals surface area contributed by atoms with Crippen molar-refractivity contribution in [1.29, 1.82) is 0 Å². The Hall–Kier alpha value is -4.27. The van der Waals surface area contributed by atoms with Gasteiger partial charge in [0.15, 0.2) is 11.2 Å². The molecule has 1 fully saturated rings. The Bertz CT molecular complexity index is 1540. The zero-order valence-electron chi connectivity index (χ0n) is 19.5. The van der Waals surface area contributed by atoms with Crippen LogP contribution in [-0.4, -0.2) is 60.3 Å². The standard InChI is InChI=1S/C22H20F2N6O6S/c1-27-17-16(19(33)28(2)21(27)34)29(11-26-17)10-15(31)25-7-8-30-18(32)14(37-22(30)35)9-12-3-5-13(6-4-12)36-20(23)24/h3-6,9,11,20H,7-8,10H2,1-2H3,(H,25,31)/b14-9-. The van der Waals surface area contributed by atoms with Crippen LogP contribution in [0.25, 0.3) is 17.2 Å². The van der Waals surface area contributed by atoms with Gasteiger partial charge in [0.25, 0.3) is 16.7 Å². The summed E-state index contributed by atoms with van der Waals surface area (Å²) >= 11 is 0.718. The van der Waals surface area contributed by atoms with Gasteiger partial charge in [-0.25, -0.2) is 9.78 Å². The summed E-state index contributed by atoms with van der Waals surface area (Å²) in [4.78, 5) is 67.1. The van der Waals surface area contributed by atoms with Gasteiger partial charge in [-0.3, -0.25) is 33.2 Å². The number of rotatable bonds is 8. The minimum absolute atomic E-state index is 0.0348. The Kier molecular flexibility index (Phi) is 7.24. The van der Waals surface area contributed by atoms with E-state index in [0.29, 0.717) is 5.56 Å². The first kappa shape index (κ1) is 25.8. The van der Waals surface area contributed by atoms with Gasteiger partial charge in [-0.2, -0.15) is 8.78 Å². The molecule has 3 amide bonds. The van der Waals surface area contributed by atoms with Crippen LogP contribution in [0.5, 0.6) is 5.75 Å². The molecule has 1 aromatic carbocycles. The molecule has 0 aliphatic carbocycles. The van der Waals surface area contributed by atoms with Crippen LogP contribution >= 0.6 is 11.8 Å². The van der Waals surface area contributed by atoms with Crippen LogP contribution in [0, 0.1) is 0 Å². The first-order chi connectivity index (χ1) is 17.6. The van der Waals surface area contributed by atoms with Crippen molar-refractivity contribution < 1.29 is 27.9 Å². The fourth-order valence-electron chi connectivity index (χ4n) is 3.62. The fourth-order valence-corrected chi connectivity index (χ4v) is 4.49. The summed E-state index contributed by atoms with van der Waals surface area (Å²) in [6.07, 6.45) is 2.73. The Balaban J connectivity index is 1.36. The van der Waals surface area contributed by atoms with Crippen molar-refractivity contribution in [3.05, 3.63) is 61.9 Å². The normalized spacial score (nSPS) is 14.8. The van der Waals surface area contributed by atoms with Crippen molar-refractivity contribution in [2.45, 2.75) is 13.2 Å². The van der Waals surface area contributed by atoms with Crippen LogP contribution in [0.1, 0.15) is 5.56 Å². The van der Waals surface area contributed by atoms with Gasteiger partial charge in [-0.15, -0.1) is 0 Å². The molecule has 4 rings (SSSR count). The molecule has 1 N–H and O–H groups in total. The van der Waals surface area contributed by atoms with Gasteiger partial charge in [0.05, 0.1) is 11.2 Å². The number of imidazole rings is 1. The highest BCUT2D eigenvalue weighted by molar-refractivity contribution is 8.18. The number of carbonyl (C=O) groups is 3. The number of amides is 3. The number of hydrogen-bond donors (Lipinski definition) is 1. The molecule has 2 aromatic heterocycles. The lowest BCUT2D eigenvalue weighted by Crippen LogP contribution is -2.39. The van der Waals surface area contributed by atoms with Crippen LogP contribution in [-0.2, 0) is 30.2 Å². The van der Waals surface area contributed by atoms with Gasteiger partial charge >= 0.3 is 12.3 Å². The quantitative estimate of drug-likeness (QED) is 0.421. The van der Waals surface area contributed by atoms with Crippen LogP contribution < -0.4 is 21.3 Å². The molecule has 15 heteroatoms. The number of benzene rings is 1. The molecule has 0 radical (unpaired) electrons. The van der Waals surface area contributed by atoms with Crippen molar-refractivity contribution in [2.24, 2.45) is 14.1 Å². The second-order valence-electron chi connectivity index (χ2n) is 7.88. The first-order valence-electron chi connectivity index (χ1n) is 10.7. The summed E-state index contributed by atoms with van der Waals surface area (Å²) in [6.45, 7) is -3.34. The van der Waals surface area contributed by atoms with Crippen LogP contribution in [0.4, 0.5) is 13.6 Å². The molecule has 3 heterocycles. The van der Waals surface area contributed by atoms with E-state index in [2.05, 4.69) is 15.0 Å². The molecule has 3 aromatic rings. The molecule has 0 atom stereocenters. The highest BCUT2D eigenvalue weighted by Crippen LogP contribution is 2.32. The average Bonchev–Trinajstić information content (AvgIpc) is 3.38. The summed E-state index contributed by atoms with van der Waals surface area (Å²) in [5.74, 6) is -1.09. The second kappa shape index (κ2) is 10.4. The van der Waals surface area contributed by atoms with Gasteiger partial charge in [-0.1, -0.05) is 12.1 Å². The van der Waals surface area contributed by atoms with Gasteiger partial charge in [-0.05, 0) is 35.5 Å². The van der Waals surface area contributed by atoms with Crippen LogP contribution in [0.2, 0.25) is 0 Å². The summed E-state index contributed by atoms with van der Waals surface area (Å²) in [5.41, 5.74) is -0.400. The lowest BCUT2D eigenvalue weighted by Gasteiger charge is -2.13. The van der Waals surface area contributed by atoms with Crippen molar-refractivity contribution in [3.63, 3.8) is 0 Å². The Morgan fingerprint density at radius 2 is 1.84 bits per heavy atom. The number of aryl methyl sites for hydroxylation is 1. The topological polar surface area (TPSA) is 138 Å². The molecule has 0 bridgehead atoms. The molecule has 194 valence electrons. The lowest BCUT2D eigenvalue weighted by atomic mass is 10.2. The molecule has 12 nitrogen and oxygen atoms in total. The third-order valence-corrected chi connectivity index (χ3v) is 6.37. The fraction of sp³-hybridized carbons (Fsp3) is 0.273. The molecule has 1 aliphatic rings. The van der Waals surface area contributed by atoms with Crippen LogP contribution in [0.3, 0.4) is 0 Å². The van der Waals surface area contributed by atoms with Gasteiger partial charge in [0, 0.05) is 27.2 Å². The van der Waals surface area contributed by atoms with E-state index in [1.54, 1.807) is 0 Å². The average molecular weight is 535 g/mol.